The van der Waals surface area contributed by atoms with Gasteiger partial charge in [0.1, 0.15) is 17.5 Å². The molecule has 4 atom stereocenters. The highest BCUT2D eigenvalue weighted by atomic mass is 19.1. The van der Waals surface area contributed by atoms with Gasteiger partial charge >= 0.3 is 0 Å². The molecule has 38 heavy (non-hydrogen) atoms. The highest BCUT2D eigenvalue weighted by Crippen LogP contribution is 2.47. The van der Waals surface area contributed by atoms with E-state index < -0.39 is 53.2 Å². The van der Waals surface area contributed by atoms with Gasteiger partial charge in [-0.05, 0) is 80.6 Å². The molecular formula is C31H33FN2O4. The number of carbonyl (C=O) groups excluding carboxylic acids is 3. The first-order valence-electron chi connectivity index (χ1n) is 12.7. The highest BCUT2D eigenvalue weighted by molar-refractivity contribution is 6.10. The van der Waals surface area contributed by atoms with Gasteiger partial charge in [0.25, 0.3) is 0 Å². The number of anilines is 2. The molecule has 7 heteroatoms. The molecule has 0 spiro atoms. The molecule has 1 aliphatic carbocycles. The summed E-state index contributed by atoms with van der Waals surface area (Å²) < 4.78 is 15.3. The van der Waals surface area contributed by atoms with Crippen molar-refractivity contribution in [1.82, 2.24) is 0 Å². The maximum Gasteiger partial charge on any atom is 0.235 e. The molecule has 0 heterocycles. The maximum absolute atomic E-state index is 15.3. The van der Waals surface area contributed by atoms with Gasteiger partial charge in [-0.3, -0.25) is 14.4 Å². The second-order valence-electron chi connectivity index (χ2n) is 10.5. The van der Waals surface area contributed by atoms with E-state index in [1.54, 1.807) is 30.3 Å². The Labute approximate surface area is 222 Å². The van der Waals surface area contributed by atoms with E-state index in [1.165, 1.54) is 25.1 Å². The van der Waals surface area contributed by atoms with Crippen molar-refractivity contribution < 1.29 is 23.9 Å². The summed E-state index contributed by atoms with van der Waals surface area (Å²) in [5, 5.41) is 17.1. The smallest absolute Gasteiger partial charge is 0.235 e. The number of nitrogens with one attached hydrogen (secondary N) is 2. The summed E-state index contributed by atoms with van der Waals surface area (Å²) in [6.45, 7) is 8.93. The van der Waals surface area contributed by atoms with Gasteiger partial charge in [0.2, 0.25) is 11.8 Å². The van der Waals surface area contributed by atoms with Gasteiger partial charge < -0.3 is 15.7 Å². The molecular weight excluding hydrogens is 483 g/mol. The number of aryl methyl sites for hydroxylation is 2. The van der Waals surface area contributed by atoms with Gasteiger partial charge in [-0.2, -0.15) is 0 Å². The third kappa shape index (κ3) is 5.11. The predicted molar refractivity (Wildman–Crippen MR) is 145 cm³/mol. The maximum atomic E-state index is 15.3. The van der Waals surface area contributed by atoms with Crippen molar-refractivity contribution in [3.63, 3.8) is 0 Å². The number of rotatable bonds is 5. The lowest BCUT2D eigenvalue weighted by Crippen LogP contribution is -2.56. The van der Waals surface area contributed by atoms with E-state index in [2.05, 4.69) is 10.6 Å². The summed E-state index contributed by atoms with van der Waals surface area (Å²) >= 11 is 0. The van der Waals surface area contributed by atoms with Crippen molar-refractivity contribution >= 4 is 29.0 Å². The Hall–Kier alpha value is -3.84. The lowest BCUT2D eigenvalue weighted by atomic mass is 9.61. The molecule has 198 valence electrons. The molecule has 2 amide bonds. The first kappa shape index (κ1) is 27.2. The van der Waals surface area contributed by atoms with Crippen LogP contribution < -0.4 is 10.6 Å². The Bertz CT molecular complexity index is 1410. The van der Waals surface area contributed by atoms with Crippen LogP contribution in [0.25, 0.3) is 0 Å². The zero-order valence-corrected chi connectivity index (χ0v) is 22.3. The standard InChI is InChI=1S/C31H33FN2O4/c1-17-10-8-14-23(19(17)3)33-29(36)27-25(35)16-31(5,38)28(26(27)21-12-6-7-13-22(21)32)30(37)34-24-15-9-11-18(2)20(24)4/h6-15,26-28,38H,16H2,1-5H3,(H,33,36)(H,34,37). The monoisotopic (exact) mass is 516 g/mol. The van der Waals surface area contributed by atoms with Crippen LogP contribution in [-0.4, -0.2) is 28.3 Å². The summed E-state index contributed by atoms with van der Waals surface area (Å²) in [7, 11) is 0. The predicted octanol–water partition coefficient (Wildman–Crippen LogP) is 5.38. The van der Waals surface area contributed by atoms with Crippen LogP contribution in [0.15, 0.2) is 60.7 Å². The average Bonchev–Trinajstić information content (AvgIpc) is 2.84. The van der Waals surface area contributed by atoms with E-state index in [0.29, 0.717) is 11.4 Å². The fourth-order valence-corrected chi connectivity index (χ4v) is 5.41. The average molecular weight is 517 g/mol. The summed E-state index contributed by atoms with van der Waals surface area (Å²) in [5.41, 5.74) is 2.89. The molecule has 3 aromatic carbocycles. The van der Waals surface area contributed by atoms with E-state index >= 15 is 4.39 Å². The molecule has 4 unspecified atom stereocenters. The summed E-state index contributed by atoms with van der Waals surface area (Å²) in [5.74, 6) is -6.35. The van der Waals surface area contributed by atoms with Gasteiger partial charge in [0, 0.05) is 23.7 Å². The van der Waals surface area contributed by atoms with Crippen molar-refractivity contribution in [2.45, 2.75) is 52.6 Å². The molecule has 0 aromatic heterocycles. The molecule has 0 aliphatic heterocycles. The first-order valence-corrected chi connectivity index (χ1v) is 12.7. The Morgan fingerprint density at radius 2 is 1.37 bits per heavy atom. The topological polar surface area (TPSA) is 95.5 Å². The van der Waals surface area contributed by atoms with Crippen molar-refractivity contribution in [3.8, 4) is 0 Å². The molecule has 1 aliphatic rings. The lowest BCUT2D eigenvalue weighted by Gasteiger charge is -2.44. The van der Waals surface area contributed by atoms with E-state index in [-0.39, 0.29) is 5.56 Å². The van der Waals surface area contributed by atoms with Crippen LogP contribution in [0.5, 0.6) is 0 Å². The third-order valence-electron chi connectivity index (χ3n) is 7.82. The van der Waals surface area contributed by atoms with Crippen LogP contribution in [0.1, 0.15) is 47.1 Å². The molecule has 4 rings (SSSR count). The zero-order chi connectivity index (χ0) is 27.8. The quantitative estimate of drug-likeness (QED) is 0.397. The van der Waals surface area contributed by atoms with E-state index in [1.807, 2.05) is 39.8 Å². The molecule has 1 fully saturated rings. The zero-order valence-electron chi connectivity index (χ0n) is 22.3. The van der Waals surface area contributed by atoms with Crippen molar-refractivity contribution in [2.24, 2.45) is 11.8 Å². The number of benzene rings is 3. The fourth-order valence-electron chi connectivity index (χ4n) is 5.41. The van der Waals surface area contributed by atoms with Crippen molar-refractivity contribution in [1.29, 1.82) is 0 Å². The van der Waals surface area contributed by atoms with Gasteiger partial charge in [0.05, 0.1) is 11.5 Å². The van der Waals surface area contributed by atoms with Gasteiger partial charge in [0.15, 0.2) is 0 Å². The number of hydrogen-bond donors (Lipinski definition) is 3. The summed E-state index contributed by atoms with van der Waals surface area (Å²) in [6.07, 6.45) is -0.423. The lowest BCUT2D eigenvalue weighted by molar-refractivity contribution is -0.150. The third-order valence-corrected chi connectivity index (χ3v) is 7.82. The minimum atomic E-state index is -1.82. The Morgan fingerprint density at radius 1 is 0.842 bits per heavy atom. The Balaban J connectivity index is 1.81. The second-order valence-corrected chi connectivity index (χ2v) is 10.5. The van der Waals surface area contributed by atoms with E-state index in [9.17, 15) is 19.5 Å². The number of carbonyl (C=O) groups is 3. The molecule has 6 nitrogen and oxygen atoms in total. The van der Waals surface area contributed by atoms with Crippen molar-refractivity contribution in [3.05, 3.63) is 94.3 Å². The number of ketones is 1. The Kier molecular flexibility index (Phi) is 7.51. The summed E-state index contributed by atoms with van der Waals surface area (Å²) in [4.78, 5) is 41.0. The first-order chi connectivity index (χ1) is 17.9. The number of amides is 2. The normalized spacial score (nSPS) is 23.1. The summed E-state index contributed by atoms with van der Waals surface area (Å²) in [6, 6.07) is 16.7. The van der Waals surface area contributed by atoms with Crippen LogP contribution in [-0.2, 0) is 14.4 Å². The molecule has 0 saturated heterocycles. The van der Waals surface area contributed by atoms with Gasteiger partial charge in [-0.25, -0.2) is 4.39 Å². The number of aliphatic hydroxyl groups is 1. The van der Waals surface area contributed by atoms with Gasteiger partial charge in [-0.1, -0.05) is 42.5 Å². The molecule has 1 saturated carbocycles. The Morgan fingerprint density at radius 3 is 1.92 bits per heavy atom. The largest absolute Gasteiger partial charge is 0.389 e. The van der Waals surface area contributed by atoms with Crippen LogP contribution >= 0.6 is 0 Å². The van der Waals surface area contributed by atoms with E-state index in [0.717, 1.165) is 22.3 Å². The highest BCUT2D eigenvalue weighted by Gasteiger charge is 2.56. The minimum absolute atomic E-state index is 0.0306. The van der Waals surface area contributed by atoms with Crippen LogP contribution in [0.2, 0.25) is 0 Å². The van der Waals surface area contributed by atoms with E-state index in [4.69, 9.17) is 0 Å². The fraction of sp³-hybridized carbons (Fsp3) is 0.323. The number of halogens is 1. The molecule has 3 N–H and O–H groups in total. The SMILES string of the molecule is Cc1cccc(NC(=O)C2C(=O)CC(C)(O)C(C(=O)Nc3cccc(C)c3C)C2c2ccccc2F)c1C. The second kappa shape index (κ2) is 10.5. The van der Waals surface area contributed by atoms with Crippen LogP contribution in [0.4, 0.5) is 15.8 Å². The number of Topliss-reactive ketones (excluding diaryl/α,β-unsaturated/α-hetero) is 1. The number of hydrogen-bond acceptors (Lipinski definition) is 4. The molecule has 0 bridgehead atoms. The minimum Gasteiger partial charge on any atom is -0.389 e. The van der Waals surface area contributed by atoms with Crippen LogP contribution in [0.3, 0.4) is 0 Å². The molecule has 0 radical (unpaired) electrons. The molecule has 3 aromatic rings. The van der Waals surface area contributed by atoms with Crippen molar-refractivity contribution in [2.75, 3.05) is 10.6 Å². The van der Waals surface area contributed by atoms with Crippen LogP contribution in [0, 0.1) is 45.3 Å². The van der Waals surface area contributed by atoms with Gasteiger partial charge in [-0.15, -0.1) is 0 Å².